The lowest BCUT2D eigenvalue weighted by Gasteiger charge is -2.12. The second-order valence-corrected chi connectivity index (χ2v) is 8.39. The van der Waals surface area contributed by atoms with E-state index in [0.717, 1.165) is 17.5 Å². The minimum Gasteiger partial charge on any atom is -0.293 e. The Kier molecular flexibility index (Phi) is 5.24. The predicted octanol–water partition coefficient (Wildman–Crippen LogP) is 4.13. The Hall–Kier alpha value is -2.93. The first kappa shape index (κ1) is 19.4. The molecule has 2 heterocycles. The van der Waals surface area contributed by atoms with E-state index in [9.17, 15) is 9.59 Å². The molecule has 0 aliphatic carbocycles. The summed E-state index contributed by atoms with van der Waals surface area (Å²) in [5, 5.41) is 9.50. The smallest absolute Gasteiger partial charge is 0.262 e. The number of Topliss-reactive ketones (excluding diaryl/α,β-unsaturated/α-hetero) is 1. The highest BCUT2D eigenvalue weighted by Crippen LogP contribution is 2.27. The average Bonchev–Trinajstić information content (AvgIpc) is 3.14. The summed E-state index contributed by atoms with van der Waals surface area (Å²) in [7, 11) is 0. The lowest BCUT2D eigenvalue weighted by atomic mass is 10.1. The number of carbonyl (C=O) groups excluding carboxylic acids is 1. The van der Waals surface area contributed by atoms with E-state index in [0.29, 0.717) is 28.4 Å². The van der Waals surface area contributed by atoms with Crippen LogP contribution in [0.3, 0.4) is 0 Å². The van der Waals surface area contributed by atoms with Gasteiger partial charge in [0.25, 0.3) is 5.56 Å². The van der Waals surface area contributed by atoms with E-state index in [4.69, 9.17) is 0 Å². The molecule has 4 aromatic rings. The summed E-state index contributed by atoms with van der Waals surface area (Å²) in [4.78, 5) is 25.8. The Morgan fingerprint density at radius 3 is 2.55 bits per heavy atom. The first-order valence-corrected chi connectivity index (χ1v) is 10.5. The van der Waals surface area contributed by atoms with E-state index in [1.165, 1.54) is 11.8 Å². The zero-order valence-corrected chi connectivity index (χ0v) is 17.4. The highest BCUT2D eigenvalue weighted by molar-refractivity contribution is 8.00. The minimum atomic E-state index is -0.338. The summed E-state index contributed by atoms with van der Waals surface area (Å²) in [5.41, 5.74) is 2.48. The van der Waals surface area contributed by atoms with Crippen LogP contribution < -0.4 is 5.56 Å². The lowest BCUT2D eigenvalue weighted by molar-refractivity contribution is 0.0994. The van der Waals surface area contributed by atoms with Crippen LogP contribution in [0, 0.1) is 6.92 Å². The number of aromatic nitrogens is 4. The van der Waals surface area contributed by atoms with Crippen LogP contribution in [0.2, 0.25) is 0 Å². The van der Waals surface area contributed by atoms with E-state index in [-0.39, 0.29) is 16.6 Å². The Morgan fingerprint density at radius 2 is 1.83 bits per heavy atom. The summed E-state index contributed by atoms with van der Waals surface area (Å²) < 4.78 is 3.54. The molecule has 0 amide bonds. The van der Waals surface area contributed by atoms with Gasteiger partial charge in [-0.05, 0) is 32.4 Å². The van der Waals surface area contributed by atoms with Crippen molar-refractivity contribution >= 4 is 34.2 Å². The monoisotopic (exact) mass is 406 g/mol. The van der Waals surface area contributed by atoms with Crippen LogP contribution in [0.25, 0.3) is 16.7 Å². The molecule has 2 aromatic carbocycles. The van der Waals surface area contributed by atoms with Crippen LogP contribution in [0.15, 0.2) is 58.5 Å². The lowest BCUT2D eigenvalue weighted by Crippen LogP contribution is -2.23. The number of hydrogen-bond acceptors (Lipinski definition) is 5. The molecule has 0 aliphatic heterocycles. The number of thioether (sulfide) groups is 1. The van der Waals surface area contributed by atoms with Crippen molar-refractivity contribution in [2.24, 2.45) is 0 Å². The third-order valence-electron chi connectivity index (χ3n) is 4.91. The van der Waals surface area contributed by atoms with Gasteiger partial charge in [-0.25, -0.2) is 0 Å². The van der Waals surface area contributed by atoms with Gasteiger partial charge >= 0.3 is 0 Å². The number of hydrogen-bond donors (Lipinski definition) is 0. The van der Waals surface area contributed by atoms with Gasteiger partial charge in [-0.2, -0.15) is 0 Å². The van der Waals surface area contributed by atoms with Gasteiger partial charge in [0, 0.05) is 12.1 Å². The highest BCUT2D eigenvalue weighted by Gasteiger charge is 2.22. The number of carbonyl (C=O) groups is 1. The second kappa shape index (κ2) is 7.83. The fraction of sp³-hybridized carbons (Fsp3) is 0.273. The molecule has 0 saturated carbocycles. The van der Waals surface area contributed by atoms with Crippen molar-refractivity contribution in [2.45, 2.75) is 44.1 Å². The quantitative estimate of drug-likeness (QED) is 0.356. The van der Waals surface area contributed by atoms with E-state index < -0.39 is 0 Å². The summed E-state index contributed by atoms with van der Waals surface area (Å²) >= 11 is 1.36. The first-order chi connectivity index (χ1) is 14.0. The molecule has 0 saturated heterocycles. The normalized spacial score (nSPS) is 12.5. The number of para-hydroxylation sites is 1. The zero-order chi connectivity index (χ0) is 20.5. The number of nitrogens with zero attached hydrogens (tertiary/aromatic N) is 4. The van der Waals surface area contributed by atoms with E-state index in [1.54, 1.807) is 4.57 Å². The third-order valence-corrected chi connectivity index (χ3v) is 5.96. The predicted molar refractivity (Wildman–Crippen MR) is 116 cm³/mol. The van der Waals surface area contributed by atoms with Crippen LogP contribution in [0.1, 0.15) is 36.2 Å². The van der Waals surface area contributed by atoms with Crippen LogP contribution in [-0.4, -0.2) is 30.2 Å². The molecule has 29 heavy (non-hydrogen) atoms. The number of rotatable bonds is 6. The average molecular weight is 407 g/mol. The maximum absolute atomic E-state index is 12.9. The molecule has 7 heteroatoms. The van der Waals surface area contributed by atoms with Gasteiger partial charge in [0.1, 0.15) is 0 Å². The number of fused-ring (bicyclic) bond motifs is 3. The number of benzene rings is 2. The van der Waals surface area contributed by atoms with Gasteiger partial charge in [0.05, 0.1) is 16.2 Å². The molecule has 0 bridgehead atoms. The molecule has 0 N–H and O–H groups in total. The molecule has 6 nitrogen and oxygen atoms in total. The van der Waals surface area contributed by atoms with Crippen LogP contribution in [-0.2, 0) is 6.54 Å². The molecule has 1 atom stereocenters. The summed E-state index contributed by atoms with van der Waals surface area (Å²) in [6.07, 6.45) is 0.811. The highest BCUT2D eigenvalue weighted by atomic mass is 32.2. The topological polar surface area (TPSA) is 69.3 Å². The van der Waals surface area contributed by atoms with Crippen molar-refractivity contribution in [1.29, 1.82) is 0 Å². The van der Waals surface area contributed by atoms with Gasteiger partial charge < -0.3 is 0 Å². The molecule has 2 aromatic heterocycles. The van der Waals surface area contributed by atoms with Gasteiger partial charge in [-0.1, -0.05) is 60.6 Å². The van der Waals surface area contributed by atoms with E-state index in [1.807, 2.05) is 73.7 Å². The SMILES string of the molecule is CCCn1c(=O)c2ccccc2n2c(S[C@H](C)C(=O)c3ccc(C)cc3)nnc12. The standard InChI is InChI=1S/C22H22N4O2S/c1-4-13-25-20(28)17-7-5-6-8-18(17)26-21(25)23-24-22(26)29-15(3)19(27)16-11-9-14(2)10-12-16/h5-12,15H,4,13H2,1-3H3/t15-/m1/s1. The van der Waals surface area contributed by atoms with E-state index in [2.05, 4.69) is 10.2 Å². The summed E-state index contributed by atoms with van der Waals surface area (Å²) in [6.45, 7) is 6.45. The first-order valence-electron chi connectivity index (χ1n) is 9.65. The van der Waals surface area contributed by atoms with Crippen LogP contribution >= 0.6 is 11.8 Å². The summed E-state index contributed by atoms with van der Waals surface area (Å²) in [5.74, 6) is 0.547. The molecular formula is C22H22N4O2S. The van der Waals surface area contributed by atoms with Crippen molar-refractivity contribution in [1.82, 2.24) is 19.2 Å². The van der Waals surface area contributed by atoms with Crippen LogP contribution in [0.5, 0.6) is 0 Å². The largest absolute Gasteiger partial charge is 0.293 e. The fourth-order valence-electron chi connectivity index (χ4n) is 3.40. The number of ketones is 1. The van der Waals surface area contributed by atoms with Crippen molar-refractivity contribution in [3.8, 4) is 0 Å². The Morgan fingerprint density at radius 1 is 1.10 bits per heavy atom. The minimum absolute atomic E-state index is 0.0398. The van der Waals surface area contributed by atoms with E-state index >= 15 is 0 Å². The number of aryl methyl sites for hydroxylation is 2. The van der Waals surface area contributed by atoms with Gasteiger partial charge in [-0.15, -0.1) is 10.2 Å². The van der Waals surface area contributed by atoms with Crippen molar-refractivity contribution in [3.63, 3.8) is 0 Å². The van der Waals surface area contributed by atoms with Crippen molar-refractivity contribution < 1.29 is 4.79 Å². The fourth-order valence-corrected chi connectivity index (χ4v) is 4.33. The zero-order valence-electron chi connectivity index (χ0n) is 16.6. The molecule has 148 valence electrons. The summed E-state index contributed by atoms with van der Waals surface area (Å²) in [6, 6.07) is 15.0. The molecular weight excluding hydrogens is 384 g/mol. The molecule has 0 unspecified atom stereocenters. The van der Waals surface area contributed by atoms with Gasteiger partial charge in [0.15, 0.2) is 10.9 Å². The molecule has 0 spiro atoms. The van der Waals surface area contributed by atoms with Crippen molar-refractivity contribution in [2.75, 3.05) is 0 Å². The Balaban J connectivity index is 1.79. The third kappa shape index (κ3) is 3.46. The Labute approximate surface area is 172 Å². The van der Waals surface area contributed by atoms with Gasteiger partial charge in [0.2, 0.25) is 5.78 Å². The van der Waals surface area contributed by atoms with Crippen molar-refractivity contribution in [3.05, 3.63) is 70.0 Å². The molecule has 0 aliphatic rings. The Bertz CT molecular complexity index is 1260. The molecule has 0 fully saturated rings. The molecule has 0 radical (unpaired) electrons. The maximum Gasteiger partial charge on any atom is 0.262 e. The van der Waals surface area contributed by atoms with Crippen LogP contribution in [0.4, 0.5) is 0 Å². The molecule has 4 rings (SSSR count). The van der Waals surface area contributed by atoms with Gasteiger partial charge in [-0.3, -0.25) is 18.6 Å². The maximum atomic E-state index is 12.9. The second-order valence-electron chi connectivity index (χ2n) is 7.08.